The second-order valence-electron chi connectivity index (χ2n) is 6.28. The second-order valence-corrected chi connectivity index (χ2v) is 6.28. The van der Waals surface area contributed by atoms with Crippen LogP contribution in [-0.2, 0) is 14.3 Å². The van der Waals surface area contributed by atoms with Gasteiger partial charge in [-0.15, -0.1) is 0 Å². The lowest BCUT2D eigenvalue weighted by molar-refractivity contribution is -0.144. The summed E-state index contributed by atoms with van der Waals surface area (Å²) in [5.41, 5.74) is 0.821. The van der Waals surface area contributed by atoms with Crippen molar-refractivity contribution in [1.29, 1.82) is 0 Å². The van der Waals surface area contributed by atoms with Gasteiger partial charge in [-0.1, -0.05) is 18.2 Å². The molecule has 0 spiro atoms. The van der Waals surface area contributed by atoms with E-state index < -0.39 is 6.04 Å². The lowest BCUT2D eigenvalue weighted by Crippen LogP contribution is -2.49. The molecule has 7 nitrogen and oxygen atoms in total. The average molecular weight is 364 g/mol. The van der Waals surface area contributed by atoms with Crippen LogP contribution in [-0.4, -0.2) is 62.3 Å². The number of rotatable bonds is 9. The summed E-state index contributed by atoms with van der Waals surface area (Å²) in [5, 5.41) is 11.8. The maximum Gasteiger partial charge on any atom is 0.225 e. The van der Waals surface area contributed by atoms with E-state index in [9.17, 15) is 9.59 Å². The normalized spacial score (nSPS) is 20.1. The molecule has 0 aliphatic carbocycles. The van der Waals surface area contributed by atoms with Gasteiger partial charge < -0.3 is 24.8 Å². The van der Waals surface area contributed by atoms with Crippen LogP contribution in [0.25, 0.3) is 0 Å². The monoisotopic (exact) mass is 364 g/mol. The Morgan fingerprint density at radius 1 is 1.35 bits per heavy atom. The van der Waals surface area contributed by atoms with E-state index in [1.807, 2.05) is 24.3 Å². The van der Waals surface area contributed by atoms with Crippen molar-refractivity contribution in [2.45, 2.75) is 25.3 Å². The first-order chi connectivity index (χ1) is 12.6. The molecule has 0 aromatic heterocycles. The number of hydrogen-bond donors (Lipinski definition) is 2. The van der Waals surface area contributed by atoms with Gasteiger partial charge in [-0.3, -0.25) is 9.59 Å². The van der Waals surface area contributed by atoms with Crippen molar-refractivity contribution in [1.82, 2.24) is 10.2 Å². The molecule has 1 fully saturated rings. The first kappa shape index (κ1) is 20.2. The van der Waals surface area contributed by atoms with Crippen molar-refractivity contribution in [3.8, 4) is 5.75 Å². The topological polar surface area (TPSA) is 88.1 Å². The summed E-state index contributed by atoms with van der Waals surface area (Å²) < 4.78 is 10.6. The highest BCUT2D eigenvalue weighted by molar-refractivity contribution is 5.85. The first-order valence-electron chi connectivity index (χ1n) is 8.94. The number of para-hydroxylation sites is 1. The number of hydrogen-bond acceptors (Lipinski definition) is 5. The van der Waals surface area contributed by atoms with Gasteiger partial charge in [-0.25, -0.2) is 0 Å². The van der Waals surface area contributed by atoms with Gasteiger partial charge in [0, 0.05) is 38.8 Å². The summed E-state index contributed by atoms with van der Waals surface area (Å²) in [5.74, 6) is 0.184. The maximum atomic E-state index is 12.8. The Kier molecular flexibility index (Phi) is 7.87. The molecule has 1 aromatic carbocycles. The zero-order chi connectivity index (χ0) is 18.9. The van der Waals surface area contributed by atoms with Crippen LogP contribution in [0.3, 0.4) is 0 Å². The minimum Gasteiger partial charge on any atom is -0.496 e. The van der Waals surface area contributed by atoms with Crippen LogP contribution in [0.4, 0.5) is 0 Å². The number of methoxy groups -OCH3 is 2. The molecule has 0 unspecified atom stereocenters. The van der Waals surface area contributed by atoms with Crippen LogP contribution in [0.15, 0.2) is 24.3 Å². The predicted molar refractivity (Wildman–Crippen MR) is 96.8 cm³/mol. The number of carbonyl (C=O) groups is 2. The van der Waals surface area contributed by atoms with Crippen LogP contribution >= 0.6 is 0 Å². The highest BCUT2D eigenvalue weighted by atomic mass is 16.5. The van der Waals surface area contributed by atoms with Crippen LogP contribution < -0.4 is 10.1 Å². The van der Waals surface area contributed by atoms with Crippen molar-refractivity contribution >= 4 is 11.8 Å². The molecule has 0 saturated carbocycles. The predicted octanol–water partition coefficient (Wildman–Crippen LogP) is 1.12. The van der Waals surface area contributed by atoms with Gasteiger partial charge in [0.25, 0.3) is 0 Å². The van der Waals surface area contributed by atoms with Crippen molar-refractivity contribution in [2.24, 2.45) is 5.92 Å². The Morgan fingerprint density at radius 3 is 2.81 bits per heavy atom. The molecule has 2 amide bonds. The number of aliphatic hydroxyl groups is 1. The highest BCUT2D eigenvalue weighted by Gasteiger charge is 2.41. The number of nitrogens with zero attached hydrogens (tertiary/aromatic N) is 1. The second kappa shape index (κ2) is 10.1. The van der Waals surface area contributed by atoms with Gasteiger partial charge in [0.1, 0.15) is 5.75 Å². The van der Waals surface area contributed by atoms with Crippen LogP contribution in [0.1, 0.15) is 30.9 Å². The summed E-state index contributed by atoms with van der Waals surface area (Å²) in [7, 11) is 3.17. The number of nitrogens with one attached hydrogen (secondary N) is 1. The number of carbonyl (C=O) groups excluding carboxylic acids is 2. The minimum absolute atomic E-state index is 0.0114. The summed E-state index contributed by atoms with van der Waals surface area (Å²) in [6.07, 6.45) is 1.31. The Labute approximate surface area is 154 Å². The molecule has 1 heterocycles. The van der Waals surface area contributed by atoms with Crippen LogP contribution in [0.2, 0.25) is 0 Å². The summed E-state index contributed by atoms with van der Waals surface area (Å²) >= 11 is 0. The average Bonchev–Trinajstić information content (AvgIpc) is 2.66. The summed E-state index contributed by atoms with van der Waals surface area (Å²) in [4.78, 5) is 27.1. The van der Waals surface area contributed by atoms with E-state index >= 15 is 0 Å². The van der Waals surface area contributed by atoms with Gasteiger partial charge in [0.05, 0.1) is 25.7 Å². The van der Waals surface area contributed by atoms with E-state index in [0.717, 1.165) is 5.56 Å². The van der Waals surface area contributed by atoms with E-state index in [1.54, 1.807) is 19.1 Å². The number of aliphatic hydroxyl groups excluding tert-OH is 1. The van der Waals surface area contributed by atoms with Crippen molar-refractivity contribution < 1.29 is 24.2 Å². The fourth-order valence-corrected chi connectivity index (χ4v) is 3.40. The van der Waals surface area contributed by atoms with Crippen molar-refractivity contribution in [3.05, 3.63) is 29.8 Å². The number of likely N-dealkylation sites (tertiary alicyclic amines) is 1. The lowest BCUT2D eigenvalue weighted by Gasteiger charge is -2.41. The third-order valence-corrected chi connectivity index (χ3v) is 4.67. The van der Waals surface area contributed by atoms with Gasteiger partial charge in [0.2, 0.25) is 11.8 Å². The zero-order valence-corrected chi connectivity index (χ0v) is 15.4. The Morgan fingerprint density at radius 2 is 2.12 bits per heavy atom. The molecule has 2 N–H and O–H groups in total. The van der Waals surface area contributed by atoms with Crippen molar-refractivity contribution in [2.75, 3.05) is 40.5 Å². The molecule has 144 valence electrons. The number of piperidine rings is 1. The van der Waals surface area contributed by atoms with E-state index in [-0.39, 0.29) is 24.3 Å². The van der Waals surface area contributed by atoms with E-state index in [1.165, 1.54) is 0 Å². The summed E-state index contributed by atoms with van der Waals surface area (Å²) in [6, 6.07) is 7.07. The number of benzene rings is 1. The molecular formula is C19H28N2O5. The van der Waals surface area contributed by atoms with E-state index in [0.29, 0.717) is 44.7 Å². The van der Waals surface area contributed by atoms with Crippen LogP contribution in [0, 0.1) is 5.92 Å². The Hall–Kier alpha value is -2.12. The molecule has 0 bridgehead atoms. The SMILES string of the molecule is COCCN1C(=O)CC[C@@H](C(=O)NCCCO)[C@@H]1c1ccccc1OC. The Bertz CT molecular complexity index is 607. The molecule has 1 saturated heterocycles. The van der Waals surface area contributed by atoms with E-state index in [2.05, 4.69) is 5.32 Å². The van der Waals surface area contributed by atoms with Crippen LogP contribution in [0.5, 0.6) is 5.75 Å². The number of amides is 2. The van der Waals surface area contributed by atoms with Crippen molar-refractivity contribution in [3.63, 3.8) is 0 Å². The number of ether oxygens (including phenoxy) is 2. The molecule has 1 aromatic rings. The Balaban J connectivity index is 2.35. The summed E-state index contributed by atoms with van der Waals surface area (Å²) in [6.45, 7) is 1.25. The molecule has 7 heteroatoms. The van der Waals surface area contributed by atoms with Gasteiger partial charge in [-0.2, -0.15) is 0 Å². The fourth-order valence-electron chi connectivity index (χ4n) is 3.40. The standard InChI is InChI=1S/C19H28N2O5/c1-25-13-11-21-17(23)9-8-15(19(24)20-10-5-12-22)18(21)14-6-3-4-7-16(14)26-2/h3-4,6-7,15,18,22H,5,8-13H2,1-2H3,(H,20,24)/t15-,18+/m1/s1. The molecule has 1 aliphatic heterocycles. The third kappa shape index (κ3) is 4.74. The fraction of sp³-hybridized carbons (Fsp3) is 0.579. The molecule has 2 atom stereocenters. The minimum atomic E-state index is -0.406. The smallest absolute Gasteiger partial charge is 0.225 e. The molecule has 1 aliphatic rings. The third-order valence-electron chi connectivity index (χ3n) is 4.67. The highest BCUT2D eigenvalue weighted by Crippen LogP contribution is 2.40. The molecule has 26 heavy (non-hydrogen) atoms. The molecule has 0 radical (unpaired) electrons. The largest absolute Gasteiger partial charge is 0.496 e. The zero-order valence-electron chi connectivity index (χ0n) is 15.4. The lowest BCUT2D eigenvalue weighted by atomic mass is 9.83. The molecular weight excluding hydrogens is 336 g/mol. The first-order valence-corrected chi connectivity index (χ1v) is 8.94. The van der Waals surface area contributed by atoms with Gasteiger partial charge in [0.15, 0.2) is 0 Å². The maximum absolute atomic E-state index is 12.8. The molecule has 2 rings (SSSR count). The van der Waals surface area contributed by atoms with Gasteiger partial charge >= 0.3 is 0 Å². The van der Waals surface area contributed by atoms with E-state index in [4.69, 9.17) is 14.6 Å². The van der Waals surface area contributed by atoms with Gasteiger partial charge in [-0.05, 0) is 18.9 Å². The quantitative estimate of drug-likeness (QED) is 0.641.